The third-order valence-corrected chi connectivity index (χ3v) is 3.20. The number of esters is 1. The molecule has 4 nitrogen and oxygen atoms in total. The number of piperidine rings is 1. The standard InChI is InChI=1S/C14H19NO3.ClH/c1-17-14(16)12-3-2-4-13(9-12)18-10-11-5-7-15-8-6-11;/h2-4,9,11,15H,5-8,10H2,1H3;1H. The third kappa shape index (κ3) is 4.73. The van der Waals surface area contributed by atoms with Gasteiger partial charge in [0.2, 0.25) is 0 Å². The normalized spacial score (nSPS) is 15.4. The van der Waals surface area contributed by atoms with Gasteiger partial charge in [-0.05, 0) is 50.0 Å². The van der Waals surface area contributed by atoms with E-state index in [-0.39, 0.29) is 18.4 Å². The number of hydrogen-bond acceptors (Lipinski definition) is 4. The average Bonchev–Trinajstić information content (AvgIpc) is 2.45. The second-order valence-corrected chi connectivity index (χ2v) is 4.52. The molecule has 19 heavy (non-hydrogen) atoms. The average molecular weight is 286 g/mol. The second-order valence-electron chi connectivity index (χ2n) is 4.52. The quantitative estimate of drug-likeness (QED) is 0.862. The number of benzene rings is 1. The first-order valence-corrected chi connectivity index (χ1v) is 6.31. The maximum Gasteiger partial charge on any atom is 0.337 e. The Bertz CT molecular complexity index is 405. The summed E-state index contributed by atoms with van der Waals surface area (Å²) in [5.74, 6) is 1.01. The minimum atomic E-state index is -0.331. The van der Waals surface area contributed by atoms with Crippen molar-refractivity contribution >= 4 is 18.4 Å². The van der Waals surface area contributed by atoms with Crippen LogP contribution in [0.15, 0.2) is 24.3 Å². The molecule has 1 heterocycles. The maximum atomic E-state index is 11.4. The molecule has 1 aromatic rings. The van der Waals surface area contributed by atoms with E-state index in [0.29, 0.717) is 18.1 Å². The molecule has 1 aromatic carbocycles. The van der Waals surface area contributed by atoms with Crippen molar-refractivity contribution in [3.63, 3.8) is 0 Å². The van der Waals surface area contributed by atoms with Gasteiger partial charge in [-0.1, -0.05) is 6.07 Å². The fourth-order valence-electron chi connectivity index (χ4n) is 2.09. The molecule has 1 aliphatic heterocycles. The predicted molar refractivity (Wildman–Crippen MR) is 76.1 cm³/mol. The molecule has 0 spiro atoms. The van der Waals surface area contributed by atoms with Crippen LogP contribution in [0.25, 0.3) is 0 Å². The lowest BCUT2D eigenvalue weighted by atomic mass is 9.99. The van der Waals surface area contributed by atoms with E-state index in [1.54, 1.807) is 12.1 Å². The Hall–Kier alpha value is -1.26. The summed E-state index contributed by atoms with van der Waals surface area (Å²) in [6.45, 7) is 2.85. The van der Waals surface area contributed by atoms with Gasteiger partial charge in [0.25, 0.3) is 0 Å². The maximum absolute atomic E-state index is 11.4. The van der Waals surface area contributed by atoms with Crippen LogP contribution < -0.4 is 10.1 Å². The Balaban J connectivity index is 0.00000180. The zero-order valence-corrected chi connectivity index (χ0v) is 11.9. The summed E-state index contributed by atoms with van der Waals surface area (Å²) in [5.41, 5.74) is 0.528. The van der Waals surface area contributed by atoms with Crippen LogP contribution in [-0.2, 0) is 4.74 Å². The van der Waals surface area contributed by atoms with Crippen LogP contribution in [0.4, 0.5) is 0 Å². The molecule has 0 radical (unpaired) electrons. The van der Waals surface area contributed by atoms with E-state index in [1.165, 1.54) is 7.11 Å². The Morgan fingerprint density at radius 3 is 2.79 bits per heavy atom. The van der Waals surface area contributed by atoms with Crippen molar-refractivity contribution < 1.29 is 14.3 Å². The molecular weight excluding hydrogens is 266 g/mol. The van der Waals surface area contributed by atoms with Gasteiger partial charge in [-0.25, -0.2) is 4.79 Å². The van der Waals surface area contributed by atoms with E-state index >= 15 is 0 Å². The van der Waals surface area contributed by atoms with Gasteiger partial charge in [0.05, 0.1) is 19.3 Å². The molecule has 1 N–H and O–H groups in total. The van der Waals surface area contributed by atoms with Gasteiger partial charge in [0, 0.05) is 0 Å². The van der Waals surface area contributed by atoms with Crippen LogP contribution in [-0.4, -0.2) is 32.8 Å². The zero-order chi connectivity index (χ0) is 12.8. The molecule has 0 saturated carbocycles. The number of methoxy groups -OCH3 is 1. The number of ether oxygens (including phenoxy) is 2. The summed E-state index contributed by atoms with van der Waals surface area (Å²) in [6, 6.07) is 7.13. The molecule has 1 fully saturated rings. The molecule has 2 rings (SSSR count). The number of hydrogen-bond donors (Lipinski definition) is 1. The van der Waals surface area contributed by atoms with Gasteiger partial charge < -0.3 is 14.8 Å². The lowest BCUT2D eigenvalue weighted by molar-refractivity contribution is 0.0600. The molecule has 1 saturated heterocycles. The highest BCUT2D eigenvalue weighted by molar-refractivity contribution is 5.89. The minimum Gasteiger partial charge on any atom is -0.493 e. The van der Waals surface area contributed by atoms with Gasteiger partial charge >= 0.3 is 5.97 Å². The van der Waals surface area contributed by atoms with Gasteiger partial charge in [-0.15, -0.1) is 12.4 Å². The van der Waals surface area contributed by atoms with Crippen molar-refractivity contribution in [2.75, 3.05) is 26.8 Å². The van der Waals surface area contributed by atoms with Gasteiger partial charge in [-0.3, -0.25) is 0 Å². The van der Waals surface area contributed by atoms with Gasteiger partial charge in [-0.2, -0.15) is 0 Å². The fraction of sp³-hybridized carbons (Fsp3) is 0.500. The van der Waals surface area contributed by atoms with E-state index in [4.69, 9.17) is 4.74 Å². The topological polar surface area (TPSA) is 47.6 Å². The first-order valence-electron chi connectivity index (χ1n) is 6.31. The molecule has 0 amide bonds. The number of nitrogens with one attached hydrogen (secondary N) is 1. The summed E-state index contributed by atoms with van der Waals surface area (Å²) in [4.78, 5) is 11.4. The predicted octanol–water partition coefficient (Wildman–Crippen LogP) is 2.27. The summed E-state index contributed by atoms with van der Waals surface area (Å²) in [5, 5.41) is 3.33. The lowest BCUT2D eigenvalue weighted by Crippen LogP contribution is -2.30. The van der Waals surface area contributed by atoms with Crippen LogP contribution in [0.5, 0.6) is 5.75 Å². The van der Waals surface area contributed by atoms with Crippen LogP contribution in [0, 0.1) is 5.92 Å². The van der Waals surface area contributed by atoms with Crippen LogP contribution in [0.2, 0.25) is 0 Å². The minimum absolute atomic E-state index is 0. The third-order valence-electron chi connectivity index (χ3n) is 3.20. The molecule has 5 heteroatoms. The molecule has 0 unspecified atom stereocenters. The lowest BCUT2D eigenvalue weighted by Gasteiger charge is -2.22. The Morgan fingerprint density at radius 1 is 1.37 bits per heavy atom. The van der Waals surface area contributed by atoms with E-state index in [1.807, 2.05) is 12.1 Å². The van der Waals surface area contributed by atoms with E-state index in [2.05, 4.69) is 10.1 Å². The highest BCUT2D eigenvalue weighted by Gasteiger charge is 2.14. The molecule has 0 aliphatic carbocycles. The summed E-state index contributed by atoms with van der Waals surface area (Å²) in [6.07, 6.45) is 2.30. The first kappa shape index (κ1) is 15.8. The fourth-order valence-corrected chi connectivity index (χ4v) is 2.09. The first-order chi connectivity index (χ1) is 8.79. The molecule has 0 aromatic heterocycles. The largest absolute Gasteiger partial charge is 0.493 e. The number of halogens is 1. The van der Waals surface area contributed by atoms with Crippen LogP contribution in [0.3, 0.4) is 0 Å². The summed E-state index contributed by atoms with van der Waals surface area (Å²) in [7, 11) is 1.38. The van der Waals surface area contributed by atoms with Crippen molar-refractivity contribution in [3.8, 4) is 5.75 Å². The van der Waals surface area contributed by atoms with Crippen molar-refractivity contribution in [2.24, 2.45) is 5.92 Å². The van der Waals surface area contributed by atoms with Gasteiger partial charge in [0.15, 0.2) is 0 Å². The monoisotopic (exact) mass is 285 g/mol. The van der Waals surface area contributed by atoms with Gasteiger partial charge in [0.1, 0.15) is 5.75 Å². The van der Waals surface area contributed by atoms with Crippen molar-refractivity contribution in [1.29, 1.82) is 0 Å². The van der Waals surface area contributed by atoms with Crippen LogP contribution in [0.1, 0.15) is 23.2 Å². The molecule has 106 valence electrons. The molecule has 0 atom stereocenters. The smallest absolute Gasteiger partial charge is 0.337 e. The second kappa shape index (κ2) is 8.02. The van der Waals surface area contributed by atoms with E-state index < -0.39 is 0 Å². The van der Waals surface area contributed by atoms with Crippen molar-refractivity contribution in [2.45, 2.75) is 12.8 Å². The number of carbonyl (C=O) groups excluding carboxylic acids is 1. The molecular formula is C14H20ClNO3. The SMILES string of the molecule is COC(=O)c1cccc(OCC2CCNCC2)c1.Cl. The highest BCUT2D eigenvalue weighted by Crippen LogP contribution is 2.17. The van der Waals surface area contributed by atoms with Crippen LogP contribution >= 0.6 is 12.4 Å². The zero-order valence-electron chi connectivity index (χ0n) is 11.1. The van der Waals surface area contributed by atoms with E-state index in [0.717, 1.165) is 31.7 Å². The van der Waals surface area contributed by atoms with Crippen molar-refractivity contribution in [1.82, 2.24) is 5.32 Å². The summed E-state index contributed by atoms with van der Waals surface area (Å²) < 4.78 is 10.4. The Kier molecular flexibility index (Phi) is 6.67. The van der Waals surface area contributed by atoms with E-state index in [9.17, 15) is 4.79 Å². The number of carbonyl (C=O) groups is 1. The summed E-state index contributed by atoms with van der Waals surface area (Å²) >= 11 is 0. The number of rotatable bonds is 4. The Labute approximate surface area is 119 Å². The molecule has 1 aliphatic rings. The molecule has 0 bridgehead atoms. The Morgan fingerprint density at radius 2 is 2.11 bits per heavy atom. The highest BCUT2D eigenvalue weighted by atomic mass is 35.5. The van der Waals surface area contributed by atoms with Crippen molar-refractivity contribution in [3.05, 3.63) is 29.8 Å².